The summed E-state index contributed by atoms with van der Waals surface area (Å²) in [5, 5.41) is 3.19. The predicted molar refractivity (Wildman–Crippen MR) is 112 cm³/mol. The quantitative estimate of drug-likeness (QED) is 0.666. The largest absolute Gasteiger partial charge is 0.388 e. The Balaban J connectivity index is 0.000000181. The minimum atomic E-state index is 0.982. The third-order valence-corrected chi connectivity index (χ3v) is 5.17. The molecule has 4 nitrogen and oxygen atoms in total. The van der Waals surface area contributed by atoms with Crippen molar-refractivity contribution < 1.29 is 0 Å². The smallest absolute Gasteiger partial charge is 0.0951 e. The van der Waals surface area contributed by atoms with Crippen LogP contribution in [0.15, 0.2) is 59.9 Å². The van der Waals surface area contributed by atoms with E-state index < -0.39 is 0 Å². The van der Waals surface area contributed by atoms with Crippen molar-refractivity contribution in [2.75, 3.05) is 19.4 Å². The minimum Gasteiger partial charge on any atom is -0.388 e. The first-order valence-corrected chi connectivity index (χ1v) is 9.73. The van der Waals surface area contributed by atoms with Gasteiger partial charge >= 0.3 is 0 Å². The van der Waals surface area contributed by atoms with Crippen molar-refractivity contribution in [1.82, 2.24) is 14.3 Å². The average molecular weight is 367 g/mol. The van der Waals surface area contributed by atoms with E-state index in [0.717, 1.165) is 16.9 Å². The molecule has 5 heteroatoms. The molecule has 0 spiro atoms. The van der Waals surface area contributed by atoms with E-state index >= 15 is 0 Å². The van der Waals surface area contributed by atoms with Gasteiger partial charge in [-0.15, -0.1) is 0 Å². The molecule has 0 fully saturated rings. The zero-order chi connectivity index (χ0) is 18.4. The van der Waals surface area contributed by atoms with E-state index in [9.17, 15) is 0 Å². The van der Waals surface area contributed by atoms with Gasteiger partial charge < -0.3 is 9.88 Å². The molecule has 1 aliphatic rings. The monoisotopic (exact) mass is 366 g/mol. The lowest BCUT2D eigenvalue weighted by atomic mass is 10.1. The van der Waals surface area contributed by atoms with E-state index in [-0.39, 0.29) is 0 Å². The molecule has 0 saturated heterocycles. The SMILES string of the molecule is CNSc1ccc(NC)c(-c2cn(C)cn2)c1.c1ccc2c(c1)CCC2. The summed E-state index contributed by atoms with van der Waals surface area (Å²) in [5.41, 5.74) is 6.32. The topological polar surface area (TPSA) is 41.9 Å². The Hall–Kier alpha value is -2.24. The average Bonchev–Trinajstić information content (AvgIpc) is 3.31. The number of benzene rings is 2. The van der Waals surface area contributed by atoms with E-state index in [1.807, 2.05) is 38.2 Å². The molecular weight excluding hydrogens is 340 g/mol. The minimum absolute atomic E-state index is 0.982. The Morgan fingerprint density at radius 2 is 1.77 bits per heavy atom. The first-order chi connectivity index (χ1) is 12.7. The molecule has 0 aliphatic heterocycles. The molecule has 1 aromatic heterocycles. The second-order valence-corrected chi connectivity index (χ2v) is 7.39. The lowest BCUT2D eigenvalue weighted by Gasteiger charge is -2.09. The molecule has 1 aliphatic carbocycles. The number of imidazole rings is 1. The zero-order valence-corrected chi connectivity index (χ0v) is 16.4. The molecule has 0 bridgehead atoms. The van der Waals surface area contributed by atoms with Gasteiger partial charge in [0.05, 0.1) is 12.0 Å². The third-order valence-electron chi connectivity index (χ3n) is 4.47. The van der Waals surface area contributed by atoms with Crippen LogP contribution in [0.3, 0.4) is 0 Å². The van der Waals surface area contributed by atoms with Crippen molar-refractivity contribution in [3.8, 4) is 11.3 Å². The summed E-state index contributed by atoms with van der Waals surface area (Å²) in [7, 11) is 5.81. The summed E-state index contributed by atoms with van der Waals surface area (Å²) < 4.78 is 5.03. The fourth-order valence-electron chi connectivity index (χ4n) is 3.20. The first-order valence-electron chi connectivity index (χ1n) is 8.91. The van der Waals surface area contributed by atoms with Crippen LogP contribution in [0.5, 0.6) is 0 Å². The highest BCUT2D eigenvalue weighted by Gasteiger charge is 2.08. The standard InChI is InChI=1S/C12H16N4S.C9H10/c1-13-11-5-4-9(17-14-2)6-10(11)12-7-16(3)8-15-12;1-2-5-9-7-3-6-8(9)4-1/h4-8,13-14H,1-3H3;1-2,4-5H,3,6-7H2. The highest BCUT2D eigenvalue weighted by atomic mass is 32.2. The first kappa shape index (κ1) is 18.5. The maximum absolute atomic E-state index is 4.39. The molecule has 0 amide bonds. The number of anilines is 1. The fraction of sp³-hybridized carbons (Fsp3) is 0.286. The van der Waals surface area contributed by atoms with Crippen LogP contribution in [0.25, 0.3) is 11.3 Å². The molecule has 0 saturated carbocycles. The van der Waals surface area contributed by atoms with Crippen molar-refractivity contribution in [2.45, 2.75) is 24.2 Å². The van der Waals surface area contributed by atoms with Crippen molar-refractivity contribution in [3.63, 3.8) is 0 Å². The summed E-state index contributed by atoms with van der Waals surface area (Å²) in [6.07, 6.45) is 7.79. The van der Waals surface area contributed by atoms with Gasteiger partial charge in [0.1, 0.15) is 0 Å². The number of nitrogens with zero attached hydrogens (tertiary/aromatic N) is 2. The Bertz CT molecular complexity index is 834. The van der Waals surface area contributed by atoms with Crippen LogP contribution < -0.4 is 10.0 Å². The van der Waals surface area contributed by atoms with Gasteiger partial charge in [-0.1, -0.05) is 24.3 Å². The van der Waals surface area contributed by atoms with Crippen molar-refractivity contribution in [2.24, 2.45) is 7.05 Å². The van der Waals surface area contributed by atoms with Gasteiger partial charge in [0, 0.05) is 36.4 Å². The Kier molecular flexibility index (Phi) is 6.36. The van der Waals surface area contributed by atoms with Crippen LogP contribution in [0.4, 0.5) is 5.69 Å². The molecule has 2 N–H and O–H groups in total. The molecular formula is C21H26N4S. The number of hydrogen-bond acceptors (Lipinski definition) is 4. The molecule has 0 atom stereocenters. The number of hydrogen-bond donors (Lipinski definition) is 2. The lowest BCUT2D eigenvalue weighted by Crippen LogP contribution is -1.95. The molecule has 2 aromatic carbocycles. The van der Waals surface area contributed by atoms with Crippen LogP contribution >= 0.6 is 11.9 Å². The lowest BCUT2D eigenvalue weighted by molar-refractivity contribution is 0.912. The summed E-state index contributed by atoms with van der Waals surface area (Å²) in [4.78, 5) is 5.56. The summed E-state index contributed by atoms with van der Waals surface area (Å²) >= 11 is 1.60. The summed E-state index contributed by atoms with van der Waals surface area (Å²) in [5.74, 6) is 0. The van der Waals surface area contributed by atoms with Gasteiger partial charge in [0.2, 0.25) is 0 Å². The van der Waals surface area contributed by atoms with Crippen LogP contribution in [-0.2, 0) is 19.9 Å². The molecule has 26 heavy (non-hydrogen) atoms. The highest BCUT2D eigenvalue weighted by molar-refractivity contribution is 7.97. The predicted octanol–water partition coefficient (Wildman–Crippen LogP) is 4.53. The molecule has 0 radical (unpaired) electrons. The molecule has 1 heterocycles. The van der Waals surface area contributed by atoms with Gasteiger partial charge in [0.25, 0.3) is 0 Å². The van der Waals surface area contributed by atoms with Gasteiger partial charge in [-0.05, 0) is 67.6 Å². The van der Waals surface area contributed by atoms with Gasteiger partial charge in [-0.2, -0.15) is 0 Å². The summed E-state index contributed by atoms with van der Waals surface area (Å²) in [6, 6.07) is 15.0. The van der Waals surface area contributed by atoms with E-state index in [1.54, 1.807) is 23.1 Å². The van der Waals surface area contributed by atoms with Crippen molar-refractivity contribution in [3.05, 3.63) is 66.1 Å². The van der Waals surface area contributed by atoms with Crippen molar-refractivity contribution in [1.29, 1.82) is 0 Å². The normalized spacial score (nSPS) is 12.3. The van der Waals surface area contributed by atoms with E-state index in [2.05, 4.69) is 57.5 Å². The van der Waals surface area contributed by atoms with E-state index in [0.29, 0.717) is 0 Å². The van der Waals surface area contributed by atoms with Crippen LogP contribution in [-0.4, -0.2) is 23.6 Å². The summed E-state index contributed by atoms with van der Waals surface area (Å²) in [6.45, 7) is 0. The molecule has 4 rings (SSSR count). The second-order valence-electron chi connectivity index (χ2n) is 6.31. The second kappa shape index (κ2) is 8.92. The number of fused-ring (bicyclic) bond motifs is 1. The number of aromatic nitrogens is 2. The van der Waals surface area contributed by atoms with E-state index in [1.165, 1.54) is 24.2 Å². The molecule has 3 aromatic rings. The highest BCUT2D eigenvalue weighted by Crippen LogP contribution is 2.30. The Labute approximate surface area is 160 Å². The van der Waals surface area contributed by atoms with Crippen LogP contribution in [0, 0.1) is 0 Å². The Morgan fingerprint density at radius 1 is 1.04 bits per heavy atom. The maximum Gasteiger partial charge on any atom is 0.0951 e. The number of rotatable bonds is 4. The van der Waals surface area contributed by atoms with Crippen molar-refractivity contribution >= 4 is 17.6 Å². The van der Waals surface area contributed by atoms with Gasteiger partial charge in [-0.25, -0.2) is 4.98 Å². The van der Waals surface area contributed by atoms with Gasteiger partial charge in [0.15, 0.2) is 0 Å². The Morgan fingerprint density at radius 3 is 2.35 bits per heavy atom. The fourth-order valence-corrected chi connectivity index (χ4v) is 3.75. The zero-order valence-electron chi connectivity index (χ0n) is 15.6. The van der Waals surface area contributed by atoms with Crippen LogP contribution in [0.1, 0.15) is 17.5 Å². The van der Waals surface area contributed by atoms with Gasteiger partial charge in [-0.3, -0.25) is 4.72 Å². The number of nitrogens with one attached hydrogen (secondary N) is 2. The van der Waals surface area contributed by atoms with E-state index in [4.69, 9.17) is 0 Å². The number of aryl methyl sites for hydroxylation is 3. The third kappa shape index (κ3) is 4.48. The van der Waals surface area contributed by atoms with Crippen LogP contribution in [0.2, 0.25) is 0 Å². The molecule has 0 unspecified atom stereocenters. The maximum atomic E-state index is 4.39. The molecule has 136 valence electrons.